The minimum atomic E-state index is -0.440. The standard InChI is InChI=1S/C13H15FN4O/c1-3-9-7-12(18(2)17-9)13(19)16-11-5-4-8(14)6-10(11)15/h4-7H,3,15H2,1-2H3,(H,16,19). The molecule has 100 valence electrons. The van der Waals surface area contributed by atoms with Crippen molar-refractivity contribution >= 4 is 17.3 Å². The number of benzene rings is 1. The van der Waals surface area contributed by atoms with Gasteiger partial charge in [0, 0.05) is 7.05 Å². The molecule has 0 atom stereocenters. The first-order valence-electron chi connectivity index (χ1n) is 5.90. The lowest BCUT2D eigenvalue weighted by Gasteiger charge is -2.08. The number of nitrogens with zero attached hydrogens (tertiary/aromatic N) is 2. The van der Waals surface area contributed by atoms with Crippen molar-refractivity contribution in [2.75, 3.05) is 11.1 Å². The number of anilines is 2. The summed E-state index contributed by atoms with van der Waals surface area (Å²) in [6, 6.07) is 5.55. The summed E-state index contributed by atoms with van der Waals surface area (Å²) < 4.78 is 14.4. The number of aromatic nitrogens is 2. The van der Waals surface area contributed by atoms with Crippen molar-refractivity contribution in [1.82, 2.24) is 9.78 Å². The first-order chi connectivity index (χ1) is 9.01. The molecule has 1 heterocycles. The Kier molecular flexibility index (Phi) is 3.50. The molecule has 1 aromatic heterocycles. The SMILES string of the molecule is CCc1cc(C(=O)Nc2ccc(F)cc2N)n(C)n1. The number of aryl methyl sites for hydroxylation is 2. The second kappa shape index (κ2) is 5.09. The van der Waals surface area contributed by atoms with E-state index in [9.17, 15) is 9.18 Å². The van der Waals surface area contributed by atoms with Crippen molar-refractivity contribution in [1.29, 1.82) is 0 Å². The largest absolute Gasteiger partial charge is 0.397 e. The Bertz CT molecular complexity index is 621. The van der Waals surface area contributed by atoms with Crippen molar-refractivity contribution in [3.05, 3.63) is 41.5 Å². The highest BCUT2D eigenvalue weighted by molar-refractivity contribution is 6.04. The van der Waals surface area contributed by atoms with Crippen molar-refractivity contribution in [3.63, 3.8) is 0 Å². The Hall–Kier alpha value is -2.37. The van der Waals surface area contributed by atoms with Gasteiger partial charge in [0.25, 0.3) is 5.91 Å². The molecule has 2 rings (SSSR count). The number of nitrogens with one attached hydrogen (secondary N) is 1. The lowest BCUT2D eigenvalue weighted by Crippen LogP contribution is -2.17. The van der Waals surface area contributed by atoms with Crippen LogP contribution in [0.3, 0.4) is 0 Å². The molecule has 1 amide bonds. The van der Waals surface area contributed by atoms with Gasteiger partial charge in [0.05, 0.1) is 17.1 Å². The highest BCUT2D eigenvalue weighted by Gasteiger charge is 2.14. The van der Waals surface area contributed by atoms with E-state index in [-0.39, 0.29) is 11.6 Å². The number of carbonyl (C=O) groups is 1. The fraction of sp³-hybridized carbons (Fsp3) is 0.231. The lowest BCUT2D eigenvalue weighted by molar-refractivity contribution is 0.101. The second-order valence-corrected chi connectivity index (χ2v) is 4.18. The maximum absolute atomic E-state index is 12.9. The normalized spacial score (nSPS) is 10.5. The number of hydrogen-bond acceptors (Lipinski definition) is 3. The minimum Gasteiger partial charge on any atom is -0.397 e. The average Bonchev–Trinajstić information content (AvgIpc) is 2.74. The number of amides is 1. The monoisotopic (exact) mass is 262 g/mol. The van der Waals surface area contributed by atoms with E-state index in [1.807, 2.05) is 6.92 Å². The topological polar surface area (TPSA) is 72.9 Å². The van der Waals surface area contributed by atoms with Crippen molar-refractivity contribution in [2.24, 2.45) is 7.05 Å². The molecular weight excluding hydrogens is 247 g/mol. The number of hydrogen-bond donors (Lipinski definition) is 2. The molecule has 0 saturated heterocycles. The summed E-state index contributed by atoms with van der Waals surface area (Å²) in [5.41, 5.74) is 7.47. The first kappa shape index (κ1) is 13.1. The molecule has 0 spiro atoms. The van der Waals surface area contributed by atoms with Crippen LogP contribution < -0.4 is 11.1 Å². The number of rotatable bonds is 3. The van der Waals surface area contributed by atoms with Crippen LogP contribution in [0.4, 0.5) is 15.8 Å². The molecule has 0 fully saturated rings. The van der Waals surface area contributed by atoms with E-state index in [2.05, 4.69) is 10.4 Å². The minimum absolute atomic E-state index is 0.186. The third-order valence-electron chi connectivity index (χ3n) is 2.79. The van der Waals surface area contributed by atoms with E-state index in [4.69, 9.17) is 5.73 Å². The molecule has 6 heteroatoms. The van der Waals surface area contributed by atoms with Crippen LogP contribution in [0.1, 0.15) is 23.1 Å². The summed E-state index contributed by atoms with van der Waals surface area (Å²) in [6.45, 7) is 1.96. The zero-order chi connectivity index (χ0) is 14.0. The van der Waals surface area contributed by atoms with Crippen LogP contribution in [0.15, 0.2) is 24.3 Å². The molecule has 0 aliphatic heterocycles. The number of nitrogen functional groups attached to an aromatic ring is 1. The third kappa shape index (κ3) is 2.73. The van der Waals surface area contributed by atoms with Gasteiger partial charge in [-0.15, -0.1) is 0 Å². The Labute approximate surface area is 110 Å². The maximum Gasteiger partial charge on any atom is 0.273 e. The van der Waals surface area contributed by atoms with Crippen molar-refractivity contribution in [3.8, 4) is 0 Å². The fourth-order valence-electron chi connectivity index (χ4n) is 1.75. The number of carbonyl (C=O) groups excluding carboxylic acids is 1. The van der Waals surface area contributed by atoms with Crippen molar-refractivity contribution < 1.29 is 9.18 Å². The Balaban J connectivity index is 2.23. The van der Waals surface area contributed by atoms with Gasteiger partial charge in [-0.05, 0) is 30.7 Å². The van der Waals surface area contributed by atoms with Gasteiger partial charge < -0.3 is 11.1 Å². The van der Waals surface area contributed by atoms with E-state index in [1.54, 1.807) is 13.1 Å². The van der Waals surface area contributed by atoms with Gasteiger partial charge in [0.1, 0.15) is 11.5 Å². The predicted octanol–water partition coefficient (Wildman–Crippen LogP) is 1.96. The fourth-order valence-corrected chi connectivity index (χ4v) is 1.75. The van der Waals surface area contributed by atoms with Gasteiger partial charge >= 0.3 is 0 Å². The molecule has 0 aliphatic carbocycles. The molecule has 0 saturated carbocycles. The zero-order valence-electron chi connectivity index (χ0n) is 10.8. The smallest absolute Gasteiger partial charge is 0.273 e. The van der Waals surface area contributed by atoms with E-state index in [0.29, 0.717) is 11.4 Å². The van der Waals surface area contributed by atoms with Gasteiger partial charge in [-0.1, -0.05) is 6.92 Å². The molecule has 3 N–H and O–H groups in total. The predicted molar refractivity (Wildman–Crippen MR) is 71.4 cm³/mol. The molecule has 2 aromatic rings. The van der Waals surface area contributed by atoms with Crippen LogP contribution in [-0.4, -0.2) is 15.7 Å². The Morgan fingerprint density at radius 3 is 2.79 bits per heavy atom. The van der Waals surface area contributed by atoms with Gasteiger partial charge in [-0.25, -0.2) is 4.39 Å². The van der Waals surface area contributed by atoms with Gasteiger partial charge in [0.15, 0.2) is 0 Å². The maximum atomic E-state index is 12.9. The lowest BCUT2D eigenvalue weighted by atomic mass is 10.2. The van der Waals surface area contributed by atoms with Crippen LogP contribution in [-0.2, 0) is 13.5 Å². The van der Waals surface area contributed by atoms with Crippen LogP contribution >= 0.6 is 0 Å². The van der Waals surface area contributed by atoms with Crippen molar-refractivity contribution in [2.45, 2.75) is 13.3 Å². The van der Waals surface area contributed by atoms with E-state index in [1.165, 1.54) is 16.8 Å². The summed E-state index contributed by atoms with van der Waals surface area (Å²) in [6.07, 6.45) is 0.750. The van der Waals surface area contributed by atoms with E-state index < -0.39 is 5.82 Å². The number of nitrogens with two attached hydrogens (primary N) is 1. The van der Waals surface area contributed by atoms with Gasteiger partial charge in [-0.3, -0.25) is 9.48 Å². The molecule has 0 aliphatic rings. The highest BCUT2D eigenvalue weighted by atomic mass is 19.1. The van der Waals surface area contributed by atoms with Gasteiger partial charge in [0.2, 0.25) is 0 Å². The Morgan fingerprint density at radius 2 is 2.21 bits per heavy atom. The summed E-state index contributed by atoms with van der Waals surface area (Å²) in [4.78, 5) is 12.1. The van der Waals surface area contributed by atoms with E-state index >= 15 is 0 Å². The zero-order valence-corrected chi connectivity index (χ0v) is 10.8. The molecule has 1 aromatic carbocycles. The van der Waals surface area contributed by atoms with Crippen LogP contribution in [0.25, 0.3) is 0 Å². The third-order valence-corrected chi connectivity index (χ3v) is 2.79. The van der Waals surface area contributed by atoms with Gasteiger partial charge in [-0.2, -0.15) is 5.10 Å². The first-order valence-corrected chi connectivity index (χ1v) is 5.90. The molecule has 0 unspecified atom stereocenters. The Morgan fingerprint density at radius 1 is 1.47 bits per heavy atom. The van der Waals surface area contributed by atoms with E-state index in [0.717, 1.165) is 18.2 Å². The summed E-state index contributed by atoms with van der Waals surface area (Å²) in [7, 11) is 1.70. The highest BCUT2D eigenvalue weighted by Crippen LogP contribution is 2.20. The molecule has 5 nitrogen and oxygen atoms in total. The molecule has 0 bridgehead atoms. The molecular formula is C13H15FN4O. The summed E-state index contributed by atoms with van der Waals surface area (Å²) >= 11 is 0. The number of halogens is 1. The second-order valence-electron chi connectivity index (χ2n) is 4.18. The summed E-state index contributed by atoms with van der Waals surface area (Å²) in [5, 5.41) is 6.83. The molecule has 19 heavy (non-hydrogen) atoms. The summed E-state index contributed by atoms with van der Waals surface area (Å²) in [5.74, 6) is -0.766. The van der Waals surface area contributed by atoms with Crippen LogP contribution in [0.2, 0.25) is 0 Å². The van der Waals surface area contributed by atoms with Crippen LogP contribution in [0, 0.1) is 5.82 Å². The van der Waals surface area contributed by atoms with Crippen LogP contribution in [0.5, 0.6) is 0 Å². The average molecular weight is 262 g/mol. The molecule has 0 radical (unpaired) electrons. The quantitative estimate of drug-likeness (QED) is 0.830.